The van der Waals surface area contributed by atoms with Crippen LogP contribution in [-0.4, -0.2) is 36.3 Å². The average Bonchev–Trinajstić information content (AvgIpc) is 2.87. The number of carbonyl (C=O) groups excluding carboxylic acids is 3. The van der Waals surface area contributed by atoms with Crippen LogP contribution in [0.15, 0.2) is 42.5 Å². The Hall–Kier alpha value is -3.29. The minimum Gasteiger partial charge on any atom is -0.496 e. The summed E-state index contributed by atoms with van der Waals surface area (Å²) in [4.78, 5) is 38.3. The Morgan fingerprint density at radius 3 is 2.59 bits per heavy atom. The number of imide groups is 1. The summed E-state index contributed by atoms with van der Waals surface area (Å²) >= 11 is 0. The zero-order valence-corrected chi connectivity index (χ0v) is 14.6. The second-order valence-corrected chi connectivity index (χ2v) is 6.19. The Morgan fingerprint density at radius 2 is 1.89 bits per heavy atom. The highest BCUT2D eigenvalue weighted by Crippen LogP contribution is 2.31. The third-order valence-electron chi connectivity index (χ3n) is 4.45. The summed E-state index contributed by atoms with van der Waals surface area (Å²) in [6.07, 6.45) is 0. The van der Waals surface area contributed by atoms with Crippen LogP contribution in [0.2, 0.25) is 0 Å². The van der Waals surface area contributed by atoms with E-state index in [1.807, 2.05) is 0 Å². The van der Waals surface area contributed by atoms with Gasteiger partial charge in [0.1, 0.15) is 22.9 Å². The minimum atomic E-state index is -1.82. The zero-order valence-electron chi connectivity index (χ0n) is 14.6. The molecule has 0 saturated carbocycles. The Balaban J connectivity index is 1.90. The van der Waals surface area contributed by atoms with Gasteiger partial charge < -0.3 is 10.1 Å². The molecule has 1 saturated heterocycles. The van der Waals surface area contributed by atoms with Gasteiger partial charge in [-0.2, -0.15) is 0 Å². The summed E-state index contributed by atoms with van der Waals surface area (Å²) in [5, 5.41) is 2.35. The number of urea groups is 1. The molecular formula is C19H16F2N2O4. The van der Waals surface area contributed by atoms with Crippen molar-refractivity contribution < 1.29 is 27.9 Å². The van der Waals surface area contributed by atoms with Gasteiger partial charge in [-0.1, -0.05) is 12.1 Å². The van der Waals surface area contributed by atoms with Crippen LogP contribution >= 0.6 is 0 Å². The van der Waals surface area contributed by atoms with Crippen molar-refractivity contribution in [3.05, 3.63) is 65.2 Å². The molecule has 0 bridgehead atoms. The minimum absolute atomic E-state index is 0.200. The number of ketones is 1. The van der Waals surface area contributed by atoms with Crippen molar-refractivity contribution in [2.75, 3.05) is 13.7 Å². The number of halogens is 2. The van der Waals surface area contributed by atoms with Crippen molar-refractivity contribution in [2.45, 2.75) is 12.5 Å². The van der Waals surface area contributed by atoms with Gasteiger partial charge in [0.2, 0.25) is 0 Å². The zero-order chi connectivity index (χ0) is 19.8. The first-order valence-electron chi connectivity index (χ1n) is 8.04. The van der Waals surface area contributed by atoms with Gasteiger partial charge in [0.15, 0.2) is 5.78 Å². The quantitative estimate of drug-likeness (QED) is 0.645. The Bertz CT molecular complexity index is 947. The van der Waals surface area contributed by atoms with Crippen LogP contribution in [0.3, 0.4) is 0 Å². The van der Waals surface area contributed by atoms with Crippen LogP contribution < -0.4 is 10.1 Å². The van der Waals surface area contributed by atoms with Gasteiger partial charge in [0.05, 0.1) is 19.2 Å². The topological polar surface area (TPSA) is 75.7 Å². The third kappa shape index (κ3) is 3.14. The summed E-state index contributed by atoms with van der Waals surface area (Å²) in [6.45, 7) is 0.705. The predicted octanol–water partition coefficient (Wildman–Crippen LogP) is 2.62. The lowest BCUT2D eigenvalue weighted by Crippen LogP contribution is -2.42. The molecule has 0 spiro atoms. The van der Waals surface area contributed by atoms with E-state index in [-0.39, 0.29) is 11.1 Å². The molecule has 0 radical (unpaired) electrons. The highest BCUT2D eigenvalue weighted by atomic mass is 19.1. The molecule has 6 nitrogen and oxygen atoms in total. The van der Waals surface area contributed by atoms with Crippen LogP contribution in [0.25, 0.3) is 0 Å². The summed E-state index contributed by atoms with van der Waals surface area (Å²) in [7, 11) is 1.39. The smallest absolute Gasteiger partial charge is 0.325 e. The van der Waals surface area contributed by atoms with Crippen molar-refractivity contribution in [1.82, 2.24) is 10.2 Å². The van der Waals surface area contributed by atoms with Gasteiger partial charge in [-0.05, 0) is 37.3 Å². The molecule has 2 aromatic carbocycles. The second kappa shape index (κ2) is 6.79. The van der Waals surface area contributed by atoms with E-state index in [0.717, 1.165) is 18.2 Å². The van der Waals surface area contributed by atoms with Crippen molar-refractivity contribution in [1.29, 1.82) is 0 Å². The third-order valence-corrected chi connectivity index (χ3v) is 4.45. The SMILES string of the molecule is COc1ccccc1C(=O)CN1C(=O)NC(C)(c2cc(F)ccc2F)C1=O. The van der Waals surface area contributed by atoms with Gasteiger partial charge in [-0.3, -0.25) is 14.5 Å². The highest BCUT2D eigenvalue weighted by molar-refractivity contribution is 6.11. The first kappa shape index (κ1) is 18.5. The fourth-order valence-corrected chi connectivity index (χ4v) is 3.01. The van der Waals surface area contributed by atoms with Crippen molar-refractivity contribution in [2.24, 2.45) is 0 Å². The van der Waals surface area contributed by atoms with Gasteiger partial charge in [0, 0.05) is 5.56 Å². The molecule has 1 fully saturated rings. The lowest BCUT2D eigenvalue weighted by atomic mass is 9.91. The van der Waals surface area contributed by atoms with Crippen molar-refractivity contribution >= 4 is 17.7 Å². The lowest BCUT2D eigenvalue weighted by Gasteiger charge is -2.22. The molecule has 1 aliphatic heterocycles. The van der Waals surface area contributed by atoms with Gasteiger partial charge in [-0.15, -0.1) is 0 Å². The monoisotopic (exact) mass is 374 g/mol. The summed E-state index contributed by atoms with van der Waals surface area (Å²) in [6, 6.07) is 8.13. The van der Waals surface area contributed by atoms with Crippen molar-refractivity contribution in [3.8, 4) is 5.75 Å². The molecule has 1 unspecified atom stereocenters. The van der Waals surface area contributed by atoms with Gasteiger partial charge in [0.25, 0.3) is 5.91 Å². The maximum absolute atomic E-state index is 14.1. The van der Waals surface area contributed by atoms with Gasteiger partial charge in [-0.25, -0.2) is 13.6 Å². The number of methoxy groups -OCH3 is 1. The maximum atomic E-state index is 14.1. The molecule has 3 rings (SSSR count). The fraction of sp³-hybridized carbons (Fsp3) is 0.211. The number of nitrogens with one attached hydrogen (secondary N) is 1. The first-order valence-corrected chi connectivity index (χ1v) is 8.04. The molecule has 27 heavy (non-hydrogen) atoms. The molecule has 1 aliphatic rings. The molecule has 0 aliphatic carbocycles. The predicted molar refractivity (Wildman–Crippen MR) is 91.3 cm³/mol. The number of carbonyl (C=O) groups is 3. The Labute approximate surface area is 153 Å². The number of Topliss-reactive ketones (excluding diaryl/α,β-unsaturated/α-hetero) is 1. The van der Waals surface area contributed by atoms with Gasteiger partial charge >= 0.3 is 6.03 Å². The number of nitrogens with zero attached hydrogens (tertiary/aromatic N) is 1. The lowest BCUT2D eigenvalue weighted by molar-refractivity contribution is -0.130. The van der Waals surface area contributed by atoms with E-state index >= 15 is 0 Å². The number of para-hydroxylation sites is 1. The van der Waals surface area contributed by atoms with E-state index in [2.05, 4.69) is 5.32 Å². The Kier molecular flexibility index (Phi) is 4.65. The number of hydrogen-bond acceptors (Lipinski definition) is 4. The largest absolute Gasteiger partial charge is 0.496 e. The molecule has 8 heteroatoms. The molecule has 1 heterocycles. The van der Waals surface area contributed by atoms with E-state index in [0.29, 0.717) is 10.6 Å². The summed E-state index contributed by atoms with van der Waals surface area (Å²) in [5.41, 5.74) is -1.93. The number of amides is 3. The van der Waals surface area contributed by atoms with E-state index < -0.39 is 41.4 Å². The van der Waals surface area contributed by atoms with Crippen molar-refractivity contribution in [3.63, 3.8) is 0 Å². The standard InChI is InChI=1S/C19H16F2N2O4/c1-19(13-9-11(20)7-8-14(13)21)17(25)23(18(26)22-19)10-15(24)12-5-3-4-6-16(12)27-2/h3-9H,10H2,1-2H3,(H,22,26). The van der Waals surface area contributed by atoms with Crippen LogP contribution in [-0.2, 0) is 10.3 Å². The molecule has 1 atom stereocenters. The van der Waals surface area contributed by atoms with Crippen LogP contribution in [0.1, 0.15) is 22.8 Å². The van der Waals surface area contributed by atoms with E-state index in [1.54, 1.807) is 18.2 Å². The van der Waals surface area contributed by atoms with E-state index in [1.165, 1.54) is 20.1 Å². The summed E-state index contributed by atoms with van der Waals surface area (Å²) < 4.78 is 32.8. The number of benzene rings is 2. The molecule has 0 aromatic heterocycles. The molecule has 140 valence electrons. The number of rotatable bonds is 5. The van der Waals surface area contributed by atoms with Crippen LogP contribution in [0, 0.1) is 11.6 Å². The number of ether oxygens (including phenoxy) is 1. The maximum Gasteiger partial charge on any atom is 0.325 e. The summed E-state index contributed by atoms with van der Waals surface area (Å²) in [5.74, 6) is -2.67. The number of hydrogen-bond donors (Lipinski definition) is 1. The highest BCUT2D eigenvalue weighted by Gasteiger charge is 2.50. The molecule has 1 N–H and O–H groups in total. The molecule has 2 aromatic rings. The average molecular weight is 374 g/mol. The Morgan fingerprint density at radius 1 is 1.19 bits per heavy atom. The van der Waals surface area contributed by atoms with Crippen LogP contribution in [0.4, 0.5) is 13.6 Å². The molecular weight excluding hydrogens is 358 g/mol. The van der Waals surface area contributed by atoms with E-state index in [9.17, 15) is 23.2 Å². The first-order chi connectivity index (χ1) is 12.8. The van der Waals surface area contributed by atoms with E-state index in [4.69, 9.17) is 4.74 Å². The normalized spacial score (nSPS) is 19.2. The molecule has 3 amide bonds. The van der Waals surface area contributed by atoms with Crippen LogP contribution in [0.5, 0.6) is 5.75 Å². The fourth-order valence-electron chi connectivity index (χ4n) is 3.01. The second-order valence-electron chi connectivity index (χ2n) is 6.19.